The molecule has 0 saturated heterocycles. The molecule has 4 heteroatoms. The normalized spacial score (nSPS) is 19.2. The number of rotatable bonds is 2. The Bertz CT molecular complexity index is 558. The number of nitrogens with zero attached hydrogens (tertiary/aromatic N) is 1. The van der Waals surface area contributed by atoms with Crippen molar-refractivity contribution in [3.63, 3.8) is 0 Å². The van der Waals surface area contributed by atoms with Gasteiger partial charge in [0, 0.05) is 11.6 Å². The average Bonchev–Trinajstić information content (AvgIpc) is 2.83. The van der Waals surface area contributed by atoms with Crippen molar-refractivity contribution in [3.05, 3.63) is 29.1 Å². The summed E-state index contributed by atoms with van der Waals surface area (Å²) in [4.78, 5) is 4.61. The van der Waals surface area contributed by atoms with E-state index in [1.807, 2.05) is 18.2 Å². The van der Waals surface area contributed by atoms with Gasteiger partial charge in [-0.15, -0.1) is 0 Å². The van der Waals surface area contributed by atoms with E-state index in [1.165, 1.54) is 19.3 Å². The van der Waals surface area contributed by atoms with Gasteiger partial charge in [-0.2, -0.15) is 0 Å². The summed E-state index contributed by atoms with van der Waals surface area (Å²) in [6, 6.07) is 5.55. The number of aromatic nitrogens is 1. The first-order valence-corrected chi connectivity index (χ1v) is 6.88. The molecule has 1 aromatic heterocycles. The highest BCUT2D eigenvalue weighted by Crippen LogP contribution is 2.39. The Balaban J connectivity index is 2.06. The Kier molecular flexibility index (Phi) is 3.04. The molecule has 0 unspecified atom stereocenters. The van der Waals surface area contributed by atoms with Crippen LogP contribution in [0.3, 0.4) is 0 Å². The lowest BCUT2D eigenvalue weighted by molar-refractivity contribution is 0.247. The van der Waals surface area contributed by atoms with Crippen LogP contribution in [-0.2, 0) is 5.41 Å². The molecule has 3 nitrogen and oxygen atoms in total. The van der Waals surface area contributed by atoms with Gasteiger partial charge in [-0.3, -0.25) is 0 Å². The first-order valence-electron chi connectivity index (χ1n) is 6.50. The molecule has 96 valence electrons. The van der Waals surface area contributed by atoms with Crippen LogP contribution in [0.4, 0.5) is 0 Å². The van der Waals surface area contributed by atoms with Gasteiger partial charge in [0.1, 0.15) is 5.52 Å². The number of fused-ring (bicyclic) bond motifs is 1. The van der Waals surface area contributed by atoms with E-state index >= 15 is 0 Å². The Morgan fingerprint density at radius 3 is 2.78 bits per heavy atom. The third kappa shape index (κ3) is 1.91. The van der Waals surface area contributed by atoms with E-state index in [9.17, 15) is 0 Å². The molecule has 1 aliphatic rings. The van der Waals surface area contributed by atoms with Gasteiger partial charge < -0.3 is 10.2 Å². The van der Waals surface area contributed by atoms with Crippen molar-refractivity contribution in [2.45, 2.75) is 37.5 Å². The minimum atomic E-state index is -0.0657. The maximum absolute atomic E-state index is 6.00. The molecule has 1 heterocycles. The van der Waals surface area contributed by atoms with E-state index in [2.05, 4.69) is 4.98 Å². The summed E-state index contributed by atoms with van der Waals surface area (Å²) in [5.41, 5.74) is 7.56. The van der Waals surface area contributed by atoms with Gasteiger partial charge in [0.2, 0.25) is 5.89 Å². The molecule has 2 N–H and O–H groups in total. The fourth-order valence-electron chi connectivity index (χ4n) is 2.86. The van der Waals surface area contributed by atoms with Crippen molar-refractivity contribution in [3.8, 4) is 0 Å². The molecule has 0 atom stereocenters. The summed E-state index contributed by atoms with van der Waals surface area (Å²) in [5, 5.41) is 0.688. The first kappa shape index (κ1) is 12.0. The molecule has 0 bridgehead atoms. The van der Waals surface area contributed by atoms with Crippen LogP contribution >= 0.6 is 11.6 Å². The van der Waals surface area contributed by atoms with Crippen LogP contribution in [0.25, 0.3) is 11.1 Å². The van der Waals surface area contributed by atoms with Gasteiger partial charge in [-0.25, -0.2) is 4.98 Å². The highest BCUT2D eigenvalue weighted by atomic mass is 35.5. The monoisotopic (exact) mass is 264 g/mol. The van der Waals surface area contributed by atoms with Gasteiger partial charge in [-0.05, 0) is 31.0 Å². The minimum absolute atomic E-state index is 0.0657. The van der Waals surface area contributed by atoms with Gasteiger partial charge >= 0.3 is 0 Å². The molecule has 1 saturated carbocycles. The number of nitrogens with two attached hydrogens (primary N) is 1. The lowest BCUT2D eigenvalue weighted by Crippen LogP contribution is -2.37. The lowest BCUT2D eigenvalue weighted by Gasteiger charge is -2.32. The van der Waals surface area contributed by atoms with Crippen LogP contribution in [0, 0.1) is 0 Å². The zero-order valence-electron chi connectivity index (χ0n) is 10.3. The van der Waals surface area contributed by atoms with Crippen LogP contribution in [-0.4, -0.2) is 11.5 Å². The molecule has 0 amide bonds. The van der Waals surface area contributed by atoms with E-state index in [4.69, 9.17) is 21.8 Å². The summed E-state index contributed by atoms with van der Waals surface area (Å²) in [5.74, 6) is 0.793. The molecule has 2 aromatic rings. The molecular formula is C14H17ClN2O. The summed E-state index contributed by atoms with van der Waals surface area (Å²) in [6.45, 7) is 0.605. The molecular weight excluding hydrogens is 248 g/mol. The second-order valence-corrected chi connectivity index (χ2v) is 5.61. The summed E-state index contributed by atoms with van der Waals surface area (Å²) in [6.07, 6.45) is 5.84. The first-order chi connectivity index (χ1) is 8.73. The highest BCUT2D eigenvalue weighted by molar-refractivity contribution is 6.31. The van der Waals surface area contributed by atoms with Crippen molar-refractivity contribution >= 4 is 22.7 Å². The van der Waals surface area contributed by atoms with Crippen LogP contribution in [0.1, 0.15) is 38.0 Å². The Morgan fingerprint density at radius 2 is 2.06 bits per heavy atom. The third-order valence-electron chi connectivity index (χ3n) is 4.00. The maximum Gasteiger partial charge on any atom is 0.202 e. The van der Waals surface area contributed by atoms with E-state index < -0.39 is 0 Å². The quantitative estimate of drug-likeness (QED) is 0.901. The Morgan fingerprint density at radius 1 is 1.28 bits per heavy atom. The minimum Gasteiger partial charge on any atom is -0.440 e. The number of hydrogen-bond donors (Lipinski definition) is 1. The van der Waals surface area contributed by atoms with Gasteiger partial charge in [0.25, 0.3) is 0 Å². The van der Waals surface area contributed by atoms with Crippen LogP contribution in [0.15, 0.2) is 22.6 Å². The van der Waals surface area contributed by atoms with E-state index in [0.717, 1.165) is 29.8 Å². The predicted molar refractivity (Wildman–Crippen MR) is 72.8 cm³/mol. The van der Waals surface area contributed by atoms with Crippen molar-refractivity contribution in [1.29, 1.82) is 0 Å². The van der Waals surface area contributed by atoms with E-state index in [0.29, 0.717) is 11.6 Å². The van der Waals surface area contributed by atoms with E-state index in [-0.39, 0.29) is 5.41 Å². The Labute approximate surface area is 111 Å². The number of halogens is 1. The second kappa shape index (κ2) is 4.56. The predicted octanol–water partition coefficient (Wildman–Crippen LogP) is 3.64. The summed E-state index contributed by atoms with van der Waals surface area (Å²) < 4.78 is 5.91. The van der Waals surface area contributed by atoms with Crippen molar-refractivity contribution in [2.24, 2.45) is 5.73 Å². The third-order valence-corrected chi connectivity index (χ3v) is 4.24. The average molecular weight is 265 g/mol. The molecule has 1 aliphatic carbocycles. The Hall–Kier alpha value is -1.06. The second-order valence-electron chi connectivity index (χ2n) is 5.18. The van der Waals surface area contributed by atoms with Crippen molar-refractivity contribution < 1.29 is 4.42 Å². The molecule has 18 heavy (non-hydrogen) atoms. The fourth-order valence-corrected chi connectivity index (χ4v) is 3.03. The number of hydrogen-bond acceptors (Lipinski definition) is 3. The molecule has 0 aliphatic heterocycles. The summed E-state index contributed by atoms with van der Waals surface area (Å²) >= 11 is 5.98. The molecule has 0 spiro atoms. The standard InChI is InChI=1S/C14H17ClN2O/c15-10-4-5-12-11(8-10)17-13(18-12)14(9-16)6-2-1-3-7-14/h4-5,8H,1-3,6-7,9,16H2. The van der Waals surface area contributed by atoms with Crippen LogP contribution in [0.5, 0.6) is 0 Å². The van der Waals surface area contributed by atoms with E-state index in [1.54, 1.807) is 0 Å². The van der Waals surface area contributed by atoms with Crippen LogP contribution in [0.2, 0.25) is 5.02 Å². The molecule has 3 rings (SSSR count). The maximum atomic E-state index is 6.00. The molecule has 1 aromatic carbocycles. The smallest absolute Gasteiger partial charge is 0.202 e. The van der Waals surface area contributed by atoms with Crippen LogP contribution < -0.4 is 5.73 Å². The summed E-state index contributed by atoms with van der Waals surface area (Å²) in [7, 11) is 0. The molecule has 1 fully saturated rings. The topological polar surface area (TPSA) is 52.0 Å². The van der Waals surface area contributed by atoms with Gasteiger partial charge in [0.05, 0.1) is 5.41 Å². The zero-order chi connectivity index (χ0) is 12.6. The van der Waals surface area contributed by atoms with Gasteiger partial charge in [-0.1, -0.05) is 30.9 Å². The largest absolute Gasteiger partial charge is 0.440 e. The SMILES string of the molecule is NCC1(c2nc3cc(Cl)ccc3o2)CCCCC1. The molecule has 0 radical (unpaired) electrons. The number of benzene rings is 1. The van der Waals surface area contributed by atoms with Gasteiger partial charge in [0.15, 0.2) is 5.58 Å². The zero-order valence-corrected chi connectivity index (χ0v) is 11.0. The fraction of sp³-hybridized carbons (Fsp3) is 0.500. The lowest BCUT2D eigenvalue weighted by atomic mass is 9.74. The van der Waals surface area contributed by atoms with Crippen molar-refractivity contribution in [1.82, 2.24) is 4.98 Å². The highest BCUT2D eigenvalue weighted by Gasteiger charge is 2.37. The number of oxazole rings is 1. The van der Waals surface area contributed by atoms with Crippen molar-refractivity contribution in [2.75, 3.05) is 6.54 Å².